The molecule has 1 aromatic rings. The molecular formula is C12H11N3O3. The van der Waals surface area contributed by atoms with Crippen LogP contribution in [-0.2, 0) is 0 Å². The first-order chi connectivity index (χ1) is 8.63. The van der Waals surface area contributed by atoms with E-state index < -0.39 is 5.91 Å². The van der Waals surface area contributed by atoms with Crippen molar-refractivity contribution < 1.29 is 14.6 Å². The number of hydrogen-bond donors (Lipinski definition) is 1. The van der Waals surface area contributed by atoms with Gasteiger partial charge in [0, 0.05) is 0 Å². The van der Waals surface area contributed by atoms with Crippen LogP contribution in [0.4, 0.5) is 0 Å². The van der Waals surface area contributed by atoms with Gasteiger partial charge in [0.05, 0.1) is 24.8 Å². The van der Waals surface area contributed by atoms with Crippen LogP contribution >= 0.6 is 0 Å². The van der Waals surface area contributed by atoms with Crippen LogP contribution in [0.1, 0.15) is 10.4 Å². The van der Waals surface area contributed by atoms with Gasteiger partial charge < -0.3 is 14.7 Å². The molecular weight excluding hydrogens is 234 g/mol. The molecule has 0 saturated carbocycles. The molecule has 1 rings (SSSR count). The van der Waals surface area contributed by atoms with Crippen LogP contribution in [0.2, 0.25) is 0 Å². The fourth-order valence-corrected chi connectivity index (χ4v) is 1.35. The zero-order chi connectivity index (χ0) is 13.5. The smallest absolute Gasteiger partial charge is 0.259 e. The van der Waals surface area contributed by atoms with Crippen molar-refractivity contribution in [2.75, 3.05) is 20.2 Å². The first kappa shape index (κ1) is 13.3. The Morgan fingerprint density at radius 3 is 2.50 bits per heavy atom. The summed E-state index contributed by atoms with van der Waals surface area (Å²) in [6.07, 6.45) is 0. The van der Waals surface area contributed by atoms with Gasteiger partial charge in [-0.2, -0.15) is 10.5 Å². The summed E-state index contributed by atoms with van der Waals surface area (Å²) in [6.45, 7) is -0.438. The second-order valence-electron chi connectivity index (χ2n) is 3.36. The molecule has 0 aliphatic heterocycles. The molecule has 0 aromatic heterocycles. The van der Waals surface area contributed by atoms with E-state index >= 15 is 0 Å². The van der Waals surface area contributed by atoms with E-state index in [2.05, 4.69) is 0 Å². The van der Waals surface area contributed by atoms with Gasteiger partial charge in [0.1, 0.15) is 24.6 Å². The van der Waals surface area contributed by atoms with Crippen LogP contribution in [0.5, 0.6) is 11.5 Å². The zero-order valence-electron chi connectivity index (χ0n) is 9.75. The van der Waals surface area contributed by atoms with E-state index in [1.54, 1.807) is 12.1 Å². The van der Waals surface area contributed by atoms with E-state index in [1.807, 2.05) is 0 Å². The maximum Gasteiger partial charge on any atom is 0.259 e. The van der Waals surface area contributed by atoms with Crippen molar-refractivity contribution >= 4 is 5.91 Å². The van der Waals surface area contributed by atoms with Gasteiger partial charge in [-0.25, -0.2) is 0 Å². The number of phenols is 1. The number of amides is 1. The monoisotopic (exact) mass is 245 g/mol. The molecule has 0 atom stereocenters. The number of nitriles is 2. The molecule has 6 nitrogen and oxygen atoms in total. The van der Waals surface area contributed by atoms with Crippen molar-refractivity contribution in [3.8, 4) is 23.6 Å². The highest BCUT2D eigenvalue weighted by Crippen LogP contribution is 2.24. The lowest BCUT2D eigenvalue weighted by molar-refractivity contribution is 0.0791. The van der Waals surface area contributed by atoms with Gasteiger partial charge in [-0.05, 0) is 18.2 Å². The molecule has 92 valence electrons. The van der Waals surface area contributed by atoms with Gasteiger partial charge in [-0.15, -0.1) is 0 Å². The van der Waals surface area contributed by atoms with Crippen molar-refractivity contribution in [2.24, 2.45) is 0 Å². The van der Waals surface area contributed by atoms with E-state index in [9.17, 15) is 9.90 Å². The summed E-state index contributed by atoms with van der Waals surface area (Å²) in [4.78, 5) is 13.1. The highest BCUT2D eigenvalue weighted by Gasteiger charge is 2.19. The number of nitrogens with zero attached hydrogens (tertiary/aromatic N) is 3. The van der Waals surface area contributed by atoms with Crippen LogP contribution in [-0.4, -0.2) is 36.1 Å². The molecule has 0 bridgehead atoms. The van der Waals surface area contributed by atoms with Crippen LogP contribution in [0.15, 0.2) is 18.2 Å². The van der Waals surface area contributed by atoms with Gasteiger partial charge in [0.15, 0.2) is 0 Å². The first-order valence-corrected chi connectivity index (χ1v) is 5.04. The highest BCUT2D eigenvalue weighted by atomic mass is 16.5. The Balaban J connectivity index is 3.08. The van der Waals surface area contributed by atoms with E-state index in [1.165, 1.54) is 25.3 Å². The minimum atomic E-state index is -0.588. The van der Waals surface area contributed by atoms with Gasteiger partial charge in [0.25, 0.3) is 5.91 Å². The average Bonchev–Trinajstić information content (AvgIpc) is 2.38. The SMILES string of the molecule is COc1ccc(O)c(C(=O)N(CC#N)CC#N)c1. The molecule has 18 heavy (non-hydrogen) atoms. The topological polar surface area (TPSA) is 97.3 Å². The predicted molar refractivity (Wildman–Crippen MR) is 61.8 cm³/mol. The minimum absolute atomic E-state index is 0.000139. The number of carbonyl (C=O) groups excluding carboxylic acids is 1. The van der Waals surface area contributed by atoms with Crippen LogP contribution in [0.25, 0.3) is 0 Å². The molecule has 6 heteroatoms. The number of phenolic OH excluding ortho intramolecular Hbond substituents is 1. The summed E-state index contributed by atoms with van der Waals surface area (Å²) in [5.74, 6) is -0.402. The number of methoxy groups -OCH3 is 1. The summed E-state index contributed by atoms with van der Waals surface area (Å²) in [7, 11) is 1.43. The van der Waals surface area contributed by atoms with Crippen molar-refractivity contribution in [3.05, 3.63) is 23.8 Å². The van der Waals surface area contributed by atoms with E-state index in [4.69, 9.17) is 15.3 Å². The number of aromatic hydroxyl groups is 1. The quantitative estimate of drug-likeness (QED) is 0.794. The fourth-order valence-electron chi connectivity index (χ4n) is 1.35. The summed E-state index contributed by atoms with van der Waals surface area (Å²) >= 11 is 0. The molecule has 0 fully saturated rings. The molecule has 0 radical (unpaired) electrons. The number of ether oxygens (including phenoxy) is 1. The first-order valence-electron chi connectivity index (χ1n) is 5.04. The Hall–Kier alpha value is -2.73. The number of benzene rings is 1. The maximum absolute atomic E-state index is 12.0. The molecule has 1 N–H and O–H groups in total. The second kappa shape index (κ2) is 6.12. The van der Waals surface area contributed by atoms with Gasteiger partial charge >= 0.3 is 0 Å². The lowest BCUT2D eigenvalue weighted by Gasteiger charge is -2.16. The van der Waals surface area contributed by atoms with Crippen LogP contribution in [0.3, 0.4) is 0 Å². The third-order valence-corrected chi connectivity index (χ3v) is 2.24. The van der Waals surface area contributed by atoms with E-state index in [0.29, 0.717) is 5.75 Å². The number of hydrogen-bond acceptors (Lipinski definition) is 5. The van der Waals surface area contributed by atoms with E-state index in [-0.39, 0.29) is 24.4 Å². The third kappa shape index (κ3) is 2.89. The second-order valence-corrected chi connectivity index (χ2v) is 3.36. The summed E-state index contributed by atoms with van der Waals surface area (Å²) in [6, 6.07) is 7.77. The standard InChI is InChI=1S/C12H11N3O3/c1-18-9-2-3-11(16)10(8-9)12(17)15(6-4-13)7-5-14/h2-3,8,16H,6-7H2,1H3. The maximum atomic E-state index is 12.0. The Labute approximate surface area is 104 Å². The molecule has 0 heterocycles. The van der Waals surface area contributed by atoms with Crippen LogP contribution < -0.4 is 4.74 Å². The normalized spacial score (nSPS) is 9.06. The Kier molecular flexibility index (Phi) is 4.53. The lowest BCUT2D eigenvalue weighted by Crippen LogP contribution is -2.31. The van der Waals surface area contributed by atoms with Crippen molar-refractivity contribution in [2.45, 2.75) is 0 Å². The van der Waals surface area contributed by atoms with Gasteiger partial charge in [0.2, 0.25) is 0 Å². The fraction of sp³-hybridized carbons (Fsp3) is 0.250. The predicted octanol–water partition coefficient (Wildman–Crippen LogP) is 0.890. The van der Waals surface area contributed by atoms with E-state index in [0.717, 1.165) is 4.90 Å². The highest BCUT2D eigenvalue weighted by molar-refractivity contribution is 5.97. The number of carbonyl (C=O) groups is 1. The molecule has 0 aliphatic carbocycles. The third-order valence-electron chi connectivity index (χ3n) is 2.24. The largest absolute Gasteiger partial charge is 0.507 e. The number of rotatable bonds is 4. The summed E-state index contributed by atoms with van der Waals surface area (Å²) in [5, 5.41) is 26.8. The Bertz CT molecular complexity index is 512. The zero-order valence-corrected chi connectivity index (χ0v) is 9.75. The van der Waals surface area contributed by atoms with Gasteiger partial charge in [-0.3, -0.25) is 4.79 Å². The molecule has 1 amide bonds. The molecule has 0 unspecified atom stereocenters. The average molecular weight is 245 g/mol. The lowest BCUT2D eigenvalue weighted by atomic mass is 10.1. The summed E-state index contributed by atoms with van der Waals surface area (Å²) in [5.41, 5.74) is -0.000139. The summed E-state index contributed by atoms with van der Waals surface area (Å²) < 4.78 is 4.95. The Morgan fingerprint density at radius 2 is 2.00 bits per heavy atom. The van der Waals surface area contributed by atoms with Crippen molar-refractivity contribution in [1.82, 2.24) is 4.90 Å². The Morgan fingerprint density at radius 1 is 1.39 bits per heavy atom. The van der Waals surface area contributed by atoms with Crippen LogP contribution in [0, 0.1) is 22.7 Å². The molecule has 0 spiro atoms. The van der Waals surface area contributed by atoms with Gasteiger partial charge in [-0.1, -0.05) is 0 Å². The molecule has 1 aromatic carbocycles. The van der Waals surface area contributed by atoms with Crippen molar-refractivity contribution in [3.63, 3.8) is 0 Å². The van der Waals surface area contributed by atoms with Crippen molar-refractivity contribution in [1.29, 1.82) is 10.5 Å². The molecule has 0 saturated heterocycles. The minimum Gasteiger partial charge on any atom is -0.507 e. The molecule has 0 aliphatic rings.